The van der Waals surface area contributed by atoms with E-state index in [-0.39, 0.29) is 30.1 Å². The maximum absolute atomic E-state index is 11.3. The molecule has 0 spiro atoms. The first-order valence-corrected chi connectivity index (χ1v) is 7.39. The van der Waals surface area contributed by atoms with Crippen molar-refractivity contribution in [1.82, 2.24) is 5.32 Å². The van der Waals surface area contributed by atoms with Gasteiger partial charge < -0.3 is 15.2 Å². The second-order valence-corrected chi connectivity index (χ2v) is 4.84. The van der Waals surface area contributed by atoms with Crippen LogP contribution in [0.2, 0.25) is 0 Å². The molecule has 0 aliphatic carbocycles. The number of piperidine rings is 1. The fourth-order valence-corrected chi connectivity index (χ4v) is 1.86. The van der Waals surface area contributed by atoms with Crippen LogP contribution in [0.1, 0.15) is 49.4 Å². The Morgan fingerprint density at radius 3 is 2.27 bits per heavy atom. The van der Waals surface area contributed by atoms with Crippen LogP contribution in [0, 0.1) is 0 Å². The Hall–Kier alpha value is -1.59. The van der Waals surface area contributed by atoms with Crippen LogP contribution in [-0.4, -0.2) is 30.1 Å². The first kappa shape index (κ1) is 20.4. The quantitative estimate of drug-likeness (QED) is 0.658. The third-order valence-electron chi connectivity index (χ3n) is 2.99. The van der Waals surface area contributed by atoms with E-state index in [1.807, 2.05) is 6.92 Å². The lowest BCUT2D eigenvalue weighted by molar-refractivity contribution is -0.137. The largest absolute Gasteiger partial charge is 0.507 e. The molecule has 0 bridgehead atoms. The van der Waals surface area contributed by atoms with Crippen LogP contribution in [0.4, 0.5) is 0 Å². The minimum atomic E-state index is -0.813. The number of phenols is 1. The number of ether oxygens (including phenoxy) is 1. The SMILES string of the molecule is C1CCNCC1.CCCC(=O)OC(=O)c1ccccc1O.Cl. The van der Waals surface area contributed by atoms with Gasteiger partial charge in [-0.15, -0.1) is 12.4 Å². The van der Waals surface area contributed by atoms with E-state index in [4.69, 9.17) is 0 Å². The van der Waals surface area contributed by atoms with Gasteiger partial charge in [0.2, 0.25) is 0 Å². The van der Waals surface area contributed by atoms with E-state index in [1.54, 1.807) is 12.1 Å². The molecule has 124 valence electrons. The Kier molecular flexibility index (Phi) is 11.1. The van der Waals surface area contributed by atoms with E-state index < -0.39 is 11.9 Å². The molecule has 0 saturated carbocycles. The number of halogens is 1. The van der Waals surface area contributed by atoms with Crippen LogP contribution in [0.25, 0.3) is 0 Å². The van der Waals surface area contributed by atoms with E-state index in [0.29, 0.717) is 6.42 Å². The van der Waals surface area contributed by atoms with Gasteiger partial charge in [-0.1, -0.05) is 25.5 Å². The zero-order valence-corrected chi connectivity index (χ0v) is 13.7. The highest BCUT2D eigenvalue weighted by molar-refractivity contribution is 5.98. The average molecular weight is 330 g/mol. The van der Waals surface area contributed by atoms with E-state index >= 15 is 0 Å². The molecule has 1 aliphatic heterocycles. The summed E-state index contributed by atoms with van der Waals surface area (Å²) in [4.78, 5) is 22.4. The second-order valence-electron chi connectivity index (χ2n) is 4.84. The van der Waals surface area contributed by atoms with Gasteiger partial charge in [0.1, 0.15) is 11.3 Å². The van der Waals surface area contributed by atoms with Gasteiger partial charge in [0.25, 0.3) is 0 Å². The lowest BCUT2D eigenvalue weighted by Crippen LogP contribution is -2.21. The maximum Gasteiger partial charge on any atom is 0.349 e. The molecule has 1 aliphatic rings. The van der Waals surface area contributed by atoms with Crippen molar-refractivity contribution in [3.8, 4) is 5.75 Å². The molecule has 0 amide bonds. The molecule has 0 aromatic heterocycles. The molecular weight excluding hydrogens is 306 g/mol. The second kappa shape index (κ2) is 12.0. The van der Waals surface area contributed by atoms with Gasteiger partial charge in [0.15, 0.2) is 0 Å². The van der Waals surface area contributed by atoms with Crippen LogP contribution in [0.5, 0.6) is 5.75 Å². The molecule has 0 radical (unpaired) electrons. The molecule has 5 nitrogen and oxygen atoms in total. The van der Waals surface area contributed by atoms with Crippen LogP contribution >= 0.6 is 12.4 Å². The minimum absolute atomic E-state index is 0. The highest BCUT2D eigenvalue weighted by atomic mass is 35.5. The molecule has 2 rings (SSSR count). The topological polar surface area (TPSA) is 75.6 Å². The summed E-state index contributed by atoms with van der Waals surface area (Å²) in [5.41, 5.74) is 0.00181. The lowest BCUT2D eigenvalue weighted by atomic mass is 10.2. The molecule has 0 atom stereocenters. The zero-order valence-electron chi connectivity index (χ0n) is 12.8. The molecule has 1 fully saturated rings. The van der Waals surface area contributed by atoms with Crippen LogP contribution in [0.3, 0.4) is 0 Å². The number of carbonyl (C=O) groups is 2. The smallest absolute Gasteiger partial charge is 0.349 e. The number of hydrogen-bond donors (Lipinski definition) is 2. The summed E-state index contributed by atoms with van der Waals surface area (Å²) in [6.07, 6.45) is 5.03. The zero-order chi connectivity index (χ0) is 15.5. The number of benzene rings is 1. The van der Waals surface area contributed by atoms with E-state index in [9.17, 15) is 14.7 Å². The van der Waals surface area contributed by atoms with E-state index in [0.717, 1.165) is 0 Å². The third-order valence-corrected chi connectivity index (χ3v) is 2.99. The van der Waals surface area contributed by atoms with Gasteiger partial charge in [-0.05, 0) is 44.5 Å². The molecular formula is C16H24ClNO4. The van der Waals surface area contributed by atoms with Crippen molar-refractivity contribution in [2.24, 2.45) is 0 Å². The highest BCUT2D eigenvalue weighted by Gasteiger charge is 2.15. The standard InChI is InChI=1S/C11H12O4.C5H11N.ClH/c1-2-5-10(13)15-11(14)8-6-3-4-7-9(8)12;1-2-4-6-5-3-1;/h3-4,6-7,12H,2,5H2,1H3;6H,1-5H2;1H. The third kappa shape index (κ3) is 8.00. The van der Waals surface area contributed by atoms with Crippen molar-refractivity contribution in [3.63, 3.8) is 0 Å². The molecule has 0 unspecified atom stereocenters. The van der Waals surface area contributed by atoms with Crippen molar-refractivity contribution in [2.75, 3.05) is 13.1 Å². The lowest BCUT2D eigenvalue weighted by Gasteiger charge is -2.08. The summed E-state index contributed by atoms with van der Waals surface area (Å²) < 4.78 is 4.52. The summed E-state index contributed by atoms with van der Waals surface area (Å²) in [7, 11) is 0. The van der Waals surface area contributed by atoms with Crippen LogP contribution < -0.4 is 5.32 Å². The Labute approximate surface area is 137 Å². The first-order chi connectivity index (χ1) is 10.1. The summed E-state index contributed by atoms with van der Waals surface area (Å²) >= 11 is 0. The molecule has 1 aromatic rings. The van der Waals surface area contributed by atoms with Gasteiger partial charge in [-0.2, -0.15) is 0 Å². The fourth-order valence-electron chi connectivity index (χ4n) is 1.86. The maximum atomic E-state index is 11.3. The molecule has 2 N–H and O–H groups in total. The van der Waals surface area contributed by atoms with Crippen molar-refractivity contribution in [1.29, 1.82) is 0 Å². The Balaban J connectivity index is 0.000000529. The molecule has 1 heterocycles. The minimum Gasteiger partial charge on any atom is -0.507 e. The van der Waals surface area contributed by atoms with E-state index in [2.05, 4.69) is 10.1 Å². The van der Waals surface area contributed by atoms with Gasteiger partial charge in [0.05, 0.1) is 0 Å². The number of rotatable bonds is 3. The van der Waals surface area contributed by atoms with Gasteiger partial charge in [0, 0.05) is 6.42 Å². The van der Waals surface area contributed by atoms with Crippen molar-refractivity contribution < 1.29 is 19.4 Å². The molecule has 1 saturated heterocycles. The van der Waals surface area contributed by atoms with Crippen molar-refractivity contribution in [3.05, 3.63) is 29.8 Å². The molecule has 22 heavy (non-hydrogen) atoms. The Morgan fingerprint density at radius 2 is 1.82 bits per heavy atom. The summed E-state index contributed by atoms with van der Waals surface area (Å²) in [5, 5.41) is 12.6. The Morgan fingerprint density at radius 1 is 1.18 bits per heavy atom. The number of aromatic hydroxyl groups is 1. The Bertz CT molecular complexity index is 450. The normalized spacial score (nSPS) is 13.1. The summed E-state index contributed by atoms with van der Waals surface area (Å²) in [5.74, 6) is -1.58. The predicted molar refractivity (Wildman–Crippen MR) is 87.4 cm³/mol. The van der Waals surface area contributed by atoms with Gasteiger partial charge in [-0.3, -0.25) is 4.79 Å². The monoisotopic (exact) mass is 329 g/mol. The number of hydrogen-bond acceptors (Lipinski definition) is 5. The summed E-state index contributed by atoms with van der Waals surface area (Å²) in [6, 6.07) is 5.93. The number of esters is 2. The number of phenolic OH excluding ortho intramolecular Hbond substituents is 1. The van der Waals surface area contributed by atoms with E-state index in [1.165, 1.54) is 44.5 Å². The molecule has 6 heteroatoms. The fraction of sp³-hybridized carbons (Fsp3) is 0.500. The van der Waals surface area contributed by atoms with Gasteiger partial charge >= 0.3 is 11.9 Å². The number of nitrogens with one attached hydrogen (secondary N) is 1. The summed E-state index contributed by atoms with van der Waals surface area (Å²) in [6.45, 7) is 4.31. The first-order valence-electron chi connectivity index (χ1n) is 7.39. The number of para-hydroxylation sites is 1. The average Bonchev–Trinajstić information content (AvgIpc) is 2.50. The van der Waals surface area contributed by atoms with Crippen molar-refractivity contribution in [2.45, 2.75) is 39.0 Å². The molecule has 1 aromatic carbocycles. The van der Waals surface area contributed by atoms with Crippen LogP contribution in [0.15, 0.2) is 24.3 Å². The highest BCUT2D eigenvalue weighted by Crippen LogP contribution is 2.16. The predicted octanol–water partition coefficient (Wildman–Crippen LogP) is 3.06. The van der Waals surface area contributed by atoms with Crippen LogP contribution in [-0.2, 0) is 9.53 Å². The number of carbonyl (C=O) groups excluding carboxylic acids is 2. The van der Waals surface area contributed by atoms with Crippen molar-refractivity contribution >= 4 is 24.3 Å². The van der Waals surface area contributed by atoms with Gasteiger partial charge in [-0.25, -0.2) is 4.79 Å².